The topological polar surface area (TPSA) is 128 Å². The number of amides is 2. The maximum absolute atomic E-state index is 13.9. The van der Waals surface area contributed by atoms with Crippen LogP contribution >= 0.6 is 0 Å². The van der Waals surface area contributed by atoms with Gasteiger partial charge in [-0.05, 0) is 65.2 Å². The van der Waals surface area contributed by atoms with Crippen LogP contribution in [0.5, 0.6) is 0 Å². The molecule has 0 saturated heterocycles. The van der Waals surface area contributed by atoms with Gasteiger partial charge in [-0.25, -0.2) is 0 Å². The van der Waals surface area contributed by atoms with Crippen LogP contribution in [0.1, 0.15) is 35.3 Å². The number of H-pyrrole nitrogens is 2. The van der Waals surface area contributed by atoms with Crippen LogP contribution in [0.2, 0.25) is 0 Å². The van der Waals surface area contributed by atoms with Crippen molar-refractivity contribution in [1.29, 1.82) is 0 Å². The molecule has 2 aromatic heterocycles. The number of aromatic nitrogens is 5. The zero-order chi connectivity index (χ0) is 28.4. The minimum absolute atomic E-state index is 0.292. The van der Waals surface area contributed by atoms with E-state index in [9.17, 15) is 9.59 Å². The smallest absolute Gasteiger partial charge is 0.251 e. The quantitative estimate of drug-likeness (QED) is 0.217. The number of nitrogens with zero attached hydrogens (tertiary/aromatic N) is 3. The van der Waals surface area contributed by atoms with Crippen molar-refractivity contribution in [2.75, 3.05) is 0 Å². The lowest BCUT2D eigenvalue weighted by molar-refractivity contribution is -0.124. The number of para-hydroxylation sites is 1. The maximum atomic E-state index is 13.9. The molecule has 9 nitrogen and oxygen atoms in total. The Labute approximate surface area is 236 Å². The number of fused-ring (bicyclic) bond motifs is 2. The van der Waals surface area contributed by atoms with Gasteiger partial charge in [-0.3, -0.25) is 9.59 Å². The van der Waals surface area contributed by atoms with Crippen molar-refractivity contribution in [3.63, 3.8) is 0 Å². The minimum atomic E-state index is -0.826. The molecule has 1 atom stereocenters. The third-order valence-corrected chi connectivity index (χ3v) is 7.36. The molecule has 0 bridgehead atoms. The number of carbonyl (C=O) groups is 2. The Balaban J connectivity index is 1.28. The fraction of sp³-hybridized carbons (Fsp3) is 0.156. The number of aromatic amines is 2. The molecule has 9 heteroatoms. The highest BCUT2D eigenvalue weighted by Crippen LogP contribution is 2.26. The van der Waals surface area contributed by atoms with E-state index in [0.29, 0.717) is 17.8 Å². The highest BCUT2D eigenvalue weighted by atomic mass is 16.2. The van der Waals surface area contributed by atoms with Crippen LogP contribution in [0.4, 0.5) is 0 Å². The molecular weight excluding hydrogens is 514 g/mol. The van der Waals surface area contributed by atoms with Gasteiger partial charge >= 0.3 is 0 Å². The van der Waals surface area contributed by atoms with Gasteiger partial charge in [-0.15, -0.1) is 10.2 Å². The van der Waals surface area contributed by atoms with Gasteiger partial charge in [-0.1, -0.05) is 66.7 Å². The molecule has 0 aliphatic carbocycles. The number of carbonyl (C=O) groups excluding carboxylic acids is 2. The van der Waals surface area contributed by atoms with Crippen molar-refractivity contribution in [2.24, 2.45) is 0 Å². The summed E-state index contributed by atoms with van der Waals surface area (Å²) in [6.07, 6.45) is 2.21. The van der Waals surface area contributed by atoms with Crippen LogP contribution in [0, 0.1) is 0 Å². The third-order valence-electron chi connectivity index (χ3n) is 7.36. The van der Waals surface area contributed by atoms with E-state index in [1.807, 2.05) is 105 Å². The predicted molar refractivity (Wildman–Crippen MR) is 158 cm³/mol. The van der Waals surface area contributed by atoms with Gasteiger partial charge in [-0.2, -0.15) is 5.21 Å². The van der Waals surface area contributed by atoms with Crippen LogP contribution in [0.25, 0.3) is 33.1 Å². The Kier molecular flexibility index (Phi) is 6.76. The largest absolute Gasteiger partial charge is 0.361 e. The minimum Gasteiger partial charge on any atom is -0.361 e. The molecule has 4 N–H and O–H groups in total. The van der Waals surface area contributed by atoms with Crippen molar-refractivity contribution in [3.05, 3.63) is 114 Å². The van der Waals surface area contributed by atoms with E-state index in [1.54, 1.807) is 6.07 Å². The molecular formula is C32H29N7O2. The van der Waals surface area contributed by atoms with E-state index in [4.69, 9.17) is 0 Å². The van der Waals surface area contributed by atoms with E-state index in [-0.39, 0.29) is 11.8 Å². The molecule has 2 heterocycles. The molecule has 41 heavy (non-hydrogen) atoms. The predicted octanol–water partition coefficient (Wildman–Crippen LogP) is 4.89. The van der Waals surface area contributed by atoms with Crippen LogP contribution in [-0.4, -0.2) is 43.5 Å². The van der Waals surface area contributed by atoms with E-state index in [1.165, 1.54) is 0 Å². The number of nitrogens with one attached hydrogen (secondary N) is 4. The Bertz CT molecular complexity index is 1860. The molecule has 0 aliphatic rings. The van der Waals surface area contributed by atoms with Crippen LogP contribution in [-0.2, 0) is 16.8 Å². The molecule has 1 unspecified atom stereocenters. The second-order valence-electron chi connectivity index (χ2n) is 10.6. The van der Waals surface area contributed by atoms with Gasteiger partial charge in [0.2, 0.25) is 11.7 Å². The lowest BCUT2D eigenvalue weighted by Gasteiger charge is -2.30. The van der Waals surface area contributed by atoms with Crippen molar-refractivity contribution >= 4 is 33.5 Å². The molecule has 6 rings (SSSR count). The molecule has 2 amide bonds. The average Bonchev–Trinajstić information content (AvgIpc) is 3.67. The maximum Gasteiger partial charge on any atom is 0.251 e. The molecule has 6 aromatic rings. The summed E-state index contributed by atoms with van der Waals surface area (Å²) in [4.78, 5) is 30.7. The van der Waals surface area contributed by atoms with Crippen LogP contribution in [0.3, 0.4) is 0 Å². The second-order valence-corrected chi connectivity index (χ2v) is 10.6. The molecule has 0 fully saturated rings. The molecule has 0 radical (unpaired) electrons. The van der Waals surface area contributed by atoms with Gasteiger partial charge < -0.3 is 15.6 Å². The van der Waals surface area contributed by atoms with E-state index >= 15 is 0 Å². The monoisotopic (exact) mass is 543 g/mol. The average molecular weight is 544 g/mol. The molecule has 204 valence electrons. The fourth-order valence-corrected chi connectivity index (χ4v) is 5.10. The normalized spacial score (nSPS) is 12.3. The fourth-order valence-electron chi connectivity index (χ4n) is 5.10. The number of hydrogen-bond acceptors (Lipinski definition) is 5. The second kappa shape index (κ2) is 10.7. The van der Waals surface area contributed by atoms with Gasteiger partial charge in [0.05, 0.1) is 5.54 Å². The summed E-state index contributed by atoms with van der Waals surface area (Å²) < 4.78 is 0. The third kappa shape index (κ3) is 5.42. The summed E-state index contributed by atoms with van der Waals surface area (Å²) in [6.45, 7) is 3.85. The molecule has 4 aromatic carbocycles. The van der Waals surface area contributed by atoms with E-state index in [2.05, 4.69) is 36.2 Å². The summed E-state index contributed by atoms with van der Waals surface area (Å²) in [6, 6.07) is 28.1. The Morgan fingerprint density at radius 1 is 0.902 bits per heavy atom. The summed E-state index contributed by atoms with van der Waals surface area (Å²) in [5.41, 5.74) is 3.28. The highest BCUT2D eigenvalue weighted by molar-refractivity contribution is 6.01. The lowest BCUT2D eigenvalue weighted by Crippen LogP contribution is -2.53. The first-order valence-corrected chi connectivity index (χ1v) is 13.4. The number of benzene rings is 4. The van der Waals surface area contributed by atoms with Gasteiger partial charge in [0, 0.05) is 34.6 Å². The number of hydrogen-bond donors (Lipinski definition) is 4. The highest BCUT2D eigenvalue weighted by Gasteiger charge is 2.30. The van der Waals surface area contributed by atoms with Crippen LogP contribution < -0.4 is 10.6 Å². The van der Waals surface area contributed by atoms with E-state index < -0.39 is 11.6 Å². The Morgan fingerprint density at radius 3 is 2.54 bits per heavy atom. The molecule has 0 spiro atoms. The first-order chi connectivity index (χ1) is 19.9. The zero-order valence-corrected chi connectivity index (χ0v) is 22.7. The zero-order valence-electron chi connectivity index (χ0n) is 22.7. The van der Waals surface area contributed by atoms with Crippen LogP contribution in [0.15, 0.2) is 97.2 Å². The standard InChI is InChI=1S/C32H29N7O2/c1-32(2,25-11-7-10-22(17-25)29-36-38-39-37-29)35-31(41)28(18-24-19-33-27-13-6-5-12-26(24)27)34-30(40)23-15-14-20-8-3-4-9-21(20)16-23/h3-17,19,28,33H,18H2,1-2H3,(H,34,40)(H,35,41)(H,36,37,38,39). The first kappa shape index (κ1) is 25.9. The van der Waals surface area contributed by atoms with Gasteiger partial charge in [0.15, 0.2) is 0 Å². The van der Waals surface area contributed by atoms with Gasteiger partial charge in [0.1, 0.15) is 6.04 Å². The van der Waals surface area contributed by atoms with Crippen molar-refractivity contribution in [2.45, 2.75) is 31.8 Å². The van der Waals surface area contributed by atoms with Crippen molar-refractivity contribution in [3.8, 4) is 11.4 Å². The SMILES string of the molecule is CC(C)(NC(=O)C(Cc1c[nH]c2ccccc12)NC(=O)c1ccc2ccccc2c1)c1cccc(-c2nn[nH]n2)c1. The summed E-state index contributed by atoms with van der Waals surface area (Å²) >= 11 is 0. The molecule has 0 saturated carbocycles. The number of rotatable bonds is 8. The lowest BCUT2D eigenvalue weighted by atomic mass is 9.91. The first-order valence-electron chi connectivity index (χ1n) is 13.4. The van der Waals surface area contributed by atoms with Gasteiger partial charge in [0.25, 0.3) is 5.91 Å². The molecule has 0 aliphatic heterocycles. The van der Waals surface area contributed by atoms with E-state index in [0.717, 1.165) is 38.4 Å². The number of tetrazole rings is 1. The Morgan fingerprint density at radius 2 is 1.71 bits per heavy atom. The summed E-state index contributed by atoms with van der Waals surface area (Å²) in [5, 5.41) is 23.4. The van der Waals surface area contributed by atoms with Crippen molar-refractivity contribution < 1.29 is 9.59 Å². The summed E-state index contributed by atoms with van der Waals surface area (Å²) in [5.74, 6) is -0.138. The van der Waals surface area contributed by atoms with Crippen molar-refractivity contribution in [1.82, 2.24) is 36.2 Å². The Hall–Kier alpha value is -5.31. The summed E-state index contributed by atoms with van der Waals surface area (Å²) in [7, 11) is 0.